The van der Waals surface area contributed by atoms with E-state index in [1.165, 1.54) is 4.88 Å². The van der Waals surface area contributed by atoms with Gasteiger partial charge < -0.3 is 15.5 Å². The number of thiazole rings is 1. The van der Waals surface area contributed by atoms with E-state index in [1.54, 1.807) is 22.7 Å². The zero-order chi connectivity index (χ0) is 21.1. The van der Waals surface area contributed by atoms with Gasteiger partial charge in [-0.25, -0.2) is 4.98 Å². The van der Waals surface area contributed by atoms with Crippen molar-refractivity contribution in [3.8, 4) is 10.6 Å². The fourth-order valence-electron chi connectivity index (χ4n) is 5.86. The minimum Gasteiger partial charge on any atom is -0.396 e. The molecule has 2 fully saturated rings. The van der Waals surface area contributed by atoms with Crippen molar-refractivity contribution >= 4 is 28.6 Å². The molecule has 7 heteroatoms. The number of rotatable bonds is 5. The normalized spacial score (nSPS) is 35.5. The zero-order valence-corrected chi connectivity index (χ0v) is 19.2. The highest BCUT2D eigenvalue weighted by molar-refractivity contribution is 7.15. The van der Waals surface area contributed by atoms with Crippen molar-refractivity contribution in [3.05, 3.63) is 27.4 Å². The van der Waals surface area contributed by atoms with E-state index in [9.17, 15) is 15.0 Å². The fraction of sp³-hybridized carbons (Fsp3) is 0.652. The molecular formula is C23H30N2O3S2. The van der Waals surface area contributed by atoms with E-state index in [2.05, 4.69) is 29.1 Å². The van der Waals surface area contributed by atoms with Crippen LogP contribution in [0.1, 0.15) is 62.4 Å². The quantitative estimate of drug-likeness (QED) is 0.649. The molecule has 2 aromatic heterocycles. The average molecular weight is 447 g/mol. The van der Waals surface area contributed by atoms with Crippen LogP contribution in [0.25, 0.3) is 10.6 Å². The van der Waals surface area contributed by atoms with Crippen LogP contribution in [0.4, 0.5) is 0 Å². The Hall–Kier alpha value is -1.28. The molecule has 5 rings (SSSR count). The minimum atomic E-state index is -0.567. The summed E-state index contributed by atoms with van der Waals surface area (Å²) in [5.74, 6) is 0.227. The number of carbonyl (C=O) groups is 1. The van der Waals surface area contributed by atoms with Gasteiger partial charge in [-0.15, -0.1) is 11.3 Å². The molecular weight excluding hydrogens is 416 g/mol. The van der Waals surface area contributed by atoms with Gasteiger partial charge >= 0.3 is 0 Å². The molecule has 0 saturated heterocycles. The molecule has 5 nitrogen and oxygen atoms in total. The lowest BCUT2D eigenvalue weighted by molar-refractivity contribution is -0.144. The Morgan fingerprint density at radius 2 is 2.13 bits per heavy atom. The van der Waals surface area contributed by atoms with Crippen LogP contribution < -0.4 is 5.32 Å². The van der Waals surface area contributed by atoms with E-state index < -0.39 is 11.5 Å². The molecule has 0 spiro atoms. The highest BCUT2D eigenvalue weighted by Crippen LogP contribution is 2.63. The van der Waals surface area contributed by atoms with Crippen LogP contribution in [0.3, 0.4) is 0 Å². The Balaban J connectivity index is 1.57. The molecule has 1 amide bonds. The van der Waals surface area contributed by atoms with E-state index in [-0.39, 0.29) is 29.8 Å². The second kappa shape index (κ2) is 7.40. The number of carbonyl (C=O) groups excluding carboxylic acids is 1. The van der Waals surface area contributed by atoms with E-state index in [1.807, 2.05) is 6.92 Å². The molecule has 3 aliphatic rings. The molecule has 2 saturated carbocycles. The van der Waals surface area contributed by atoms with E-state index in [0.29, 0.717) is 18.9 Å². The Bertz CT molecular complexity index is 938. The summed E-state index contributed by atoms with van der Waals surface area (Å²) in [6.07, 6.45) is 4.38. The number of thiophene rings is 1. The van der Waals surface area contributed by atoms with E-state index in [4.69, 9.17) is 4.98 Å². The van der Waals surface area contributed by atoms with Crippen LogP contribution >= 0.6 is 22.7 Å². The number of amides is 1. The molecule has 0 aromatic carbocycles. The number of hydrogen-bond acceptors (Lipinski definition) is 6. The Kier molecular flexibility index (Phi) is 5.08. The Morgan fingerprint density at radius 1 is 1.33 bits per heavy atom. The first-order valence-electron chi connectivity index (χ1n) is 11.0. The minimum absolute atomic E-state index is 0.00649. The number of aliphatic hydroxyl groups is 2. The smallest absolute Gasteiger partial charge is 0.220 e. The number of aliphatic hydroxyl groups excluding tert-OH is 2. The van der Waals surface area contributed by atoms with E-state index in [0.717, 1.165) is 41.9 Å². The van der Waals surface area contributed by atoms with Gasteiger partial charge in [-0.05, 0) is 54.9 Å². The van der Waals surface area contributed by atoms with Gasteiger partial charge in [-0.2, -0.15) is 11.3 Å². The molecule has 162 valence electrons. The molecule has 0 aliphatic heterocycles. The van der Waals surface area contributed by atoms with Crippen molar-refractivity contribution in [1.82, 2.24) is 10.3 Å². The summed E-state index contributed by atoms with van der Waals surface area (Å²) >= 11 is 3.38. The predicted molar refractivity (Wildman–Crippen MR) is 120 cm³/mol. The number of aromatic nitrogens is 1. The summed E-state index contributed by atoms with van der Waals surface area (Å²) in [5, 5.41) is 29.5. The van der Waals surface area contributed by atoms with Crippen LogP contribution in [0.2, 0.25) is 0 Å². The van der Waals surface area contributed by atoms with E-state index >= 15 is 0 Å². The number of nitrogens with zero attached hydrogens (tertiary/aromatic N) is 1. The monoisotopic (exact) mass is 446 g/mol. The lowest BCUT2D eigenvalue weighted by Crippen LogP contribution is -2.57. The molecule has 2 heterocycles. The fourth-order valence-corrected chi connectivity index (χ4v) is 7.73. The molecule has 0 bridgehead atoms. The molecule has 3 N–H and O–H groups in total. The molecule has 30 heavy (non-hydrogen) atoms. The topological polar surface area (TPSA) is 82.5 Å². The highest BCUT2D eigenvalue weighted by atomic mass is 32.1. The van der Waals surface area contributed by atoms with Crippen LogP contribution in [0, 0.1) is 16.7 Å². The van der Waals surface area contributed by atoms with Crippen molar-refractivity contribution in [3.63, 3.8) is 0 Å². The second-order valence-corrected chi connectivity index (χ2v) is 11.8. The first-order valence-corrected chi connectivity index (χ1v) is 12.7. The highest BCUT2D eigenvalue weighted by Gasteiger charge is 2.59. The Morgan fingerprint density at radius 3 is 2.80 bits per heavy atom. The van der Waals surface area contributed by atoms with Gasteiger partial charge in [0.2, 0.25) is 5.91 Å². The summed E-state index contributed by atoms with van der Waals surface area (Å²) < 4.78 is 0. The van der Waals surface area contributed by atoms with Gasteiger partial charge in [0.05, 0.1) is 18.4 Å². The summed E-state index contributed by atoms with van der Waals surface area (Å²) in [5.41, 5.74) is 1.47. The lowest BCUT2D eigenvalue weighted by Gasteiger charge is -2.58. The SMILES string of the molecule is C[C@]1(CO)[C@H]2Cc3sc(-c4ccsc4)nc3[C@@H](CC(=O)NC3CC3)[C@]2(C)CC[C@H]1O. The molecule has 0 radical (unpaired) electrons. The van der Waals surface area contributed by atoms with Crippen molar-refractivity contribution in [2.45, 2.75) is 70.4 Å². The van der Waals surface area contributed by atoms with Crippen LogP contribution in [-0.2, 0) is 11.2 Å². The number of hydrogen-bond donors (Lipinski definition) is 3. The third-order valence-corrected chi connectivity index (χ3v) is 9.82. The summed E-state index contributed by atoms with van der Waals surface area (Å²) in [6.45, 7) is 4.24. The van der Waals surface area contributed by atoms with Crippen molar-refractivity contribution in [1.29, 1.82) is 0 Å². The maximum atomic E-state index is 12.9. The van der Waals surface area contributed by atoms with Crippen molar-refractivity contribution in [2.24, 2.45) is 16.7 Å². The van der Waals surface area contributed by atoms with Gasteiger partial charge in [-0.1, -0.05) is 13.8 Å². The molecule has 0 unspecified atom stereocenters. The first kappa shape index (κ1) is 20.6. The van der Waals surface area contributed by atoms with Crippen LogP contribution in [-0.4, -0.2) is 39.9 Å². The van der Waals surface area contributed by atoms with Crippen LogP contribution in [0.15, 0.2) is 16.8 Å². The number of nitrogens with one attached hydrogen (secondary N) is 1. The number of fused-ring (bicyclic) bond motifs is 2. The molecule has 2 aromatic rings. The first-order chi connectivity index (χ1) is 14.3. The van der Waals surface area contributed by atoms with Gasteiger partial charge in [0.25, 0.3) is 0 Å². The molecule has 5 atom stereocenters. The third kappa shape index (κ3) is 3.25. The van der Waals surface area contributed by atoms with Gasteiger partial charge in [0, 0.05) is 39.6 Å². The van der Waals surface area contributed by atoms with Crippen LogP contribution in [0.5, 0.6) is 0 Å². The summed E-state index contributed by atoms with van der Waals surface area (Å²) in [4.78, 5) is 19.2. The second-order valence-electron chi connectivity index (χ2n) is 9.92. The van der Waals surface area contributed by atoms with Gasteiger partial charge in [0.15, 0.2) is 0 Å². The third-order valence-electron chi connectivity index (χ3n) is 7.99. The summed E-state index contributed by atoms with van der Waals surface area (Å²) in [7, 11) is 0. The Labute approximate surface area is 185 Å². The standard InChI is InChI=1S/C23H30N2O3S2/c1-22-7-5-18(27)23(2,12-26)17(22)10-16-20(15(22)9-19(28)24-14-3-4-14)25-21(30-16)13-6-8-29-11-13/h6,8,11,14-15,17-18,26-27H,3-5,7,9-10,12H2,1-2H3,(H,24,28)/t15-,17+,18-,22+,23+/m1/s1. The summed E-state index contributed by atoms with van der Waals surface area (Å²) in [6, 6.07) is 2.44. The largest absolute Gasteiger partial charge is 0.396 e. The van der Waals surface area contributed by atoms with Crippen molar-refractivity contribution < 1.29 is 15.0 Å². The van der Waals surface area contributed by atoms with Gasteiger partial charge in [-0.3, -0.25) is 4.79 Å². The van der Waals surface area contributed by atoms with Gasteiger partial charge in [0.1, 0.15) is 5.01 Å². The molecule has 3 aliphatic carbocycles. The van der Waals surface area contributed by atoms with Crippen molar-refractivity contribution in [2.75, 3.05) is 6.61 Å². The predicted octanol–water partition coefficient (Wildman–Crippen LogP) is 3.96. The average Bonchev–Trinajstić information content (AvgIpc) is 3.20. The maximum absolute atomic E-state index is 12.9. The lowest BCUT2D eigenvalue weighted by atomic mass is 9.47. The zero-order valence-electron chi connectivity index (χ0n) is 17.6. The maximum Gasteiger partial charge on any atom is 0.220 e.